The van der Waals surface area contributed by atoms with Gasteiger partial charge in [-0.05, 0) is 48.0 Å². The first-order valence-corrected chi connectivity index (χ1v) is 15.8. The number of aliphatic carboxylic acids is 1. The summed E-state index contributed by atoms with van der Waals surface area (Å²) in [5, 5.41) is 10.7. The van der Waals surface area contributed by atoms with Crippen molar-refractivity contribution in [3.8, 4) is 17.2 Å². The van der Waals surface area contributed by atoms with E-state index in [1.54, 1.807) is 60.3 Å². The van der Waals surface area contributed by atoms with E-state index in [9.17, 15) is 18.3 Å². The summed E-state index contributed by atoms with van der Waals surface area (Å²) in [5.74, 6) is 0.942. The third kappa shape index (κ3) is 7.49. The summed E-state index contributed by atoms with van der Waals surface area (Å²) >= 11 is 1.69. The number of fused-ring (bicyclic) bond motifs is 1. The van der Waals surface area contributed by atoms with Crippen molar-refractivity contribution in [2.45, 2.75) is 42.6 Å². The van der Waals surface area contributed by atoms with E-state index in [1.165, 1.54) is 7.11 Å². The summed E-state index contributed by atoms with van der Waals surface area (Å²) in [4.78, 5) is 13.4. The van der Waals surface area contributed by atoms with E-state index in [4.69, 9.17) is 9.47 Å². The van der Waals surface area contributed by atoms with Crippen LogP contribution in [-0.4, -0.2) is 45.4 Å². The number of benzene rings is 4. The van der Waals surface area contributed by atoms with Crippen LogP contribution in [0.3, 0.4) is 0 Å². The van der Waals surface area contributed by atoms with Crippen LogP contribution >= 0.6 is 11.8 Å². The molecule has 0 aliphatic rings. The average molecular weight is 609 g/mol. The standard InChI is InChI=1S/C32H36N2O6S2/c1-32(2,3)41-20-22-19-23(14-16-27(22)40-29-17-21(18-31(35)36)13-15-28(29)39-6)33-42(37,38)30-12-8-9-24-25(30)10-7-11-26(24)34(4)5/h7-17,19,33H,18,20H2,1-6H3,(H,35,36). The second kappa shape index (κ2) is 12.5. The first-order valence-electron chi connectivity index (χ1n) is 13.3. The number of anilines is 2. The van der Waals surface area contributed by atoms with Gasteiger partial charge in [0.05, 0.1) is 18.4 Å². The number of nitrogens with zero attached hydrogens (tertiary/aromatic N) is 1. The molecule has 10 heteroatoms. The summed E-state index contributed by atoms with van der Waals surface area (Å²) in [6.07, 6.45) is -0.155. The van der Waals surface area contributed by atoms with Crippen molar-refractivity contribution in [3.63, 3.8) is 0 Å². The predicted octanol–water partition coefficient (Wildman–Crippen LogP) is 7.17. The molecule has 4 aromatic rings. The van der Waals surface area contributed by atoms with Gasteiger partial charge in [-0.15, -0.1) is 0 Å². The van der Waals surface area contributed by atoms with Crippen LogP contribution in [0.4, 0.5) is 11.4 Å². The fraction of sp³-hybridized carbons (Fsp3) is 0.281. The molecule has 4 rings (SSSR count). The smallest absolute Gasteiger partial charge is 0.307 e. The molecule has 4 aromatic carbocycles. The maximum Gasteiger partial charge on any atom is 0.307 e. The topological polar surface area (TPSA) is 105 Å². The highest BCUT2D eigenvalue weighted by molar-refractivity contribution is 7.99. The van der Waals surface area contributed by atoms with Gasteiger partial charge in [-0.3, -0.25) is 9.52 Å². The molecule has 0 radical (unpaired) electrons. The number of methoxy groups -OCH3 is 1. The molecular weight excluding hydrogens is 572 g/mol. The summed E-state index contributed by atoms with van der Waals surface area (Å²) in [5.41, 5.74) is 2.67. The number of hydrogen-bond acceptors (Lipinski definition) is 7. The van der Waals surface area contributed by atoms with E-state index >= 15 is 0 Å². The molecular formula is C32H36N2O6S2. The van der Waals surface area contributed by atoms with Crippen LogP contribution in [0.1, 0.15) is 31.9 Å². The van der Waals surface area contributed by atoms with Crippen molar-refractivity contribution in [2.75, 3.05) is 30.8 Å². The van der Waals surface area contributed by atoms with Crippen LogP contribution < -0.4 is 19.1 Å². The molecule has 222 valence electrons. The van der Waals surface area contributed by atoms with Crippen LogP contribution in [0, 0.1) is 0 Å². The molecule has 0 unspecified atom stereocenters. The van der Waals surface area contributed by atoms with E-state index in [-0.39, 0.29) is 16.1 Å². The van der Waals surface area contributed by atoms with E-state index in [1.807, 2.05) is 43.3 Å². The third-order valence-electron chi connectivity index (χ3n) is 6.41. The molecule has 0 spiro atoms. The lowest BCUT2D eigenvalue weighted by atomic mass is 10.1. The van der Waals surface area contributed by atoms with E-state index in [0.29, 0.717) is 39.6 Å². The normalized spacial score (nSPS) is 11.8. The van der Waals surface area contributed by atoms with Crippen molar-refractivity contribution < 1.29 is 27.8 Å². The van der Waals surface area contributed by atoms with E-state index in [0.717, 1.165) is 16.6 Å². The second-order valence-corrected chi connectivity index (χ2v) is 14.5. The lowest BCUT2D eigenvalue weighted by Crippen LogP contribution is -2.14. The number of sulfonamides is 1. The Labute approximate surface area is 251 Å². The Morgan fingerprint density at radius 1 is 0.929 bits per heavy atom. The molecule has 0 amide bonds. The third-order valence-corrected chi connectivity index (χ3v) is 9.17. The first kappa shape index (κ1) is 31.1. The van der Waals surface area contributed by atoms with Gasteiger partial charge in [0.1, 0.15) is 5.75 Å². The van der Waals surface area contributed by atoms with Gasteiger partial charge in [0, 0.05) is 52.3 Å². The Kier molecular flexibility index (Phi) is 9.27. The van der Waals surface area contributed by atoms with Gasteiger partial charge in [-0.2, -0.15) is 11.8 Å². The highest BCUT2D eigenvalue weighted by Crippen LogP contribution is 2.39. The molecule has 0 heterocycles. The molecule has 8 nitrogen and oxygen atoms in total. The van der Waals surface area contributed by atoms with Crippen molar-refractivity contribution in [2.24, 2.45) is 0 Å². The summed E-state index contributed by atoms with van der Waals surface area (Å²) in [6, 6.07) is 21.0. The number of hydrogen-bond donors (Lipinski definition) is 2. The lowest BCUT2D eigenvalue weighted by Gasteiger charge is -2.20. The number of thioether (sulfide) groups is 1. The maximum atomic E-state index is 13.7. The Hall–Kier alpha value is -3.89. The zero-order valence-corrected chi connectivity index (χ0v) is 26.2. The molecule has 0 fully saturated rings. The van der Waals surface area contributed by atoms with Gasteiger partial charge < -0.3 is 19.5 Å². The predicted molar refractivity (Wildman–Crippen MR) is 171 cm³/mol. The average Bonchev–Trinajstić information content (AvgIpc) is 2.91. The first-order chi connectivity index (χ1) is 19.8. The minimum atomic E-state index is -3.93. The van der Waals surface area contributed by atoms with Gasteiger partial charge in [-0.1, -0.05) is 51.1 Å². The number of ether oxygens (including phenoxy) is 2. The summed E-state index contributed by atoms with van der Waals surface area (Å²) in [6.45, 7) is 6.31. The SMILES string of the molecule is COc1ccc(CC(=O)O)cc1Oc1ccc(NS(=O)(=O)c2cccc3c(N(C)C)cccc23)cc1CSC(C)(C)C. The second-order valence-electron chi connectivity index (χ2n) is 11.0. The van der Waals surface area contributed by atoms with Gasteiger partial charge in [0.2, 0.25) is 0 Å². The van der Waals surface area contributed by atoms with Crippen LogP contribution in [0.5, 0.6) is 17.2 Å². The van der Waals surface area contributed by atoms with E-state index in [2.05, 4.69) is 25.5 Å². The van der Waals surface area contributed by atoms with Gasteiger partial charge >= 0.3 is 5.97 Å². The van der Waals surface area contributed by atoms with Crippen molar-refractivity contribution in [3.05, 3.63) is 83.9 Å². The monoisotopic (exact) mass is 608 g/mol. The summed E-state index contributed by atoms with van der Waals surface area (Å²) in [7, 11) is 1.43. The van der Waals surface area contributed by atoms with Gasteiger partial charge in [0.25, 0.3) is 10.0 Å². The van der Waals surface area contributed by atoms with Gasteiger partial charge in [-0.25, -0.2) is 8.42 Å². The Morgan fingerprint density at radius 3 is 2.29 bits per heavy atom. The number of nitrogens with one attached hydrogen (secondary N) is 1. The number of carboxylic acid groups (broad SMARTS) is 1. The van der Waals surface area contributed by atoms with Crippen molar-refractivity contribution in [1.82, 2.24) is 0 Å². The molecule has 2 N–H and O–H groups in total. The fourth-order valence-electron chi connectivity index (χ4n) is 4.45. The highest BCUT2D eigenvalue weighted by atomic mass is 32.2. The van der Waals surface area contributed by atoms with Crippen LogP contribution in [0.25, 0.3) is 10.8 Å². The lowest BCUT2D eigenvalue weighted by molar-refractivity contribution is -0.136. The maximum absolute atomic E-state index is 13.7. The van der Waals surface area contributed by atoms with Gasteiger partial charge in [0.15, 0.2) is 11.5 Å². The number of carboxylic acids is 1. The Morgan fingerprint density at radius 2 is 1.62 bits per heavy atom. The molecule has 0 saturated heterocycles. The molecule has 0 aromatic heterocycles. The number of rotatable bonds is 11. The van der Waals surface area contributed by atoms with Crippen LogP contribution in [0.2, 0.25) is 0 Å². The van der Waals surface area contributed by atoms with Crippen molar-refractivity contribution in [1.29, 1.82) is 0 Å². The minimum absolute atomic E-state index is 0.0566. The fourth-order valence-corrected chi connectivity index (χ4v) is 6.54. The van der Waals surface area contributed by atoms with Crippen LogP contribution in [-0.2, 0) is 27.0 Å². The van der Waals surface area contributed by atoms with E-state index < -0.39 is 16.0 Å². The summed E-state index contributed by atoms with van der Waals surface area (Å²) < 4.78 is 41.8. The van der Waals surface area contributed by atoms with Crippen molar-refractivity contribution >= 4 is 49.9 Å². The highest BCUT2D eigenvalue weighted by Gasteiger charge is 2.21. The zero-order chi connectivity index (χ0) is 30.7. The number of carbonyl (C=O) groups is 1. The quantitative estimate of drug-likeness (QED) is 0.185. The largest absolute Gasteiger partial charge is 0.493 e. The molecule has 42 heavy (non-hydrogen) atoms. The molecule has 0 aliphatic heterocycles. The minimum Gasteiger partial charge on any atom is -0.493 e. The molecule has 0 atom stereocenters. The Bertz CT molecular complexity index is 1710. The molecule has 0 saturated carbocycles. The van der Waals surface area contributed by atoms with Crippen LogP contribution in [0.15, 0.2) is 77.7 Å². The molecule has 0 bridgehead atoms. The molecule has 0 aliphatic carbocycles. The zero-order valence-electron chi connectivity index (χ0n) is 24.6. The Balaban J connectivity index is 1.72.